The van der Waals surface area contributed by atoms with Crippen LogP contribution in [0, 0.1) is 0 Å². The van der Waals surface area contributed by atoms with Crippen LogP contribution < -0.4 is 4.90 Å². The van der Waals surface area contributed by atoms with Crippen LogP contribution in [0.2, 0.25) is 5.15 Å². The number of nitrogens with zero attached hydrogens (tertiary/aromatic N) is 3. The topological polar surface area (TPSA) is 63.2 Å². The van der Waals surface area contributed by atoms with E-state index in [0.29, 0.717) is 30.6 Å². The first-order valence-electron chi connectivity index (χ1n) is 7.65. The highest BCUT2D eigenvalue weighted by molar-refractivity contribution is 7.91. The molecule has 23 heavy (non-hydrogen) atoms. The lowest BCUT2D eigenvalue weighted by Gasteiger charge is -2.21. The summed E-state index contributed by atoms with van der Waals surface area (Å²) in [5.41, 5.74) is 1.12. The van der Waals surface area contributed by atoms with Crippen molar-refractivity contribution >= 4 is 38.0 Å². The largest absolute Gasteiger partial charge is 0.355 e. The molecule has 5 nitrogen and oxygen atoms in total. The molecule has 0 amide bonds. The second kappa shape index (κ2) is 5.91. The fourth-order valence-corrected chi connectivity index (χ4v) is 4.24. The molecule has 0 saturated carbocycles. The zero-order chi connectivity index (χ0) is 16.8. The molecule has 3 rings (SSSR count). The number of rotatable bonds is 3. The van der Waals surface area contributed by atoms with E-state index in [0.717, 1.165) is 22.2 Å². The van der Waals surface area contributed by atoms with Gasteiger partial charge in [0.15, 0.2) is 9.84 Å². The van der Waals surface area contributed by atoms with Gasteiger partial charge in [-0.2, -0.15) is 0 Å². The molecular weight excluding hydrogens is 334 g/mol. The van der Waals surface area contributed by atoms with Crippen molar-refractivity contribution in [2.75, 3.05) is 24.2 Å². The Bertz CT molecular complexity index is 852. The monoisotopic (exact) mass is 353 g/mol. The van der Waals surface area contributed by atoms with Crippen LogP contribution in [0.4, 0.5) is 5.82 Å². The third kappa shape index (κ3) is 3.15. The average Bonchev–Trinajstić information content (AvgIpc) is 2.95. The second-order valence-corrected chi connectivity index (χ2v) is 9.14. The van der Waals surface area contributed by atoms with Gasteiger partial charge in [-0.05, 0) is 29.4 Å². The third-order valence-electron chi connectivity index (χ3n) is 4.42. The Morgan fingerprint density at radius 2 is 2.00 bits per heavy atom. The van der Waals surface area contributed by atoms with Crippen LogP contribution in [0.3, 0.4) is 0 Å². The Kier molecular flexibility index (Phi) is 4.23. The maximum absolute atomic E-state index is 11.8. The maximum Gasteiger partial charge on any atom is 0.152 e. The fourth-order valence-electron chi connectivity index (χ4n) is 3.10. The highest BCUT2D eigenvalue weighted by Crippen LogP contribution is 2.33. The Labute approximate surface area is 141 Å². The summed E-state index contributed by atoms with van der Waals surface area (Å²) in [6.45, 7) is 5.38. The fraction of sp³-hybridized carbons (Fsp3) is 0.500. The normalized spacial score (nSPS) is 19.0. The van der Waals surface area contributed by atoms with Gasteiger partial charge in [0, 0.05) is 37.1 Å². The van der Waals surface area contributed by atoms with Crippen LogP contribution in [0.25, 0.3) is 10.8 Å². The lowest BCUT2D eigenvalue weighted by atomic mass is 9.99. The van der Waals surface area contributed by atoms with Gasteiger partial charge in [0.2, 0.25) is 0 Å². The van der Waals surface area contributed by atoms with Crippen LogP contribution >= 0.6 is 11.6 Å². The lowest BCUT2D eigenvalue weighted by Crippen LogP contribution is -2.26. The summed E-state index contributed by atoms with van der Waals surface area (Å²) in [4.78, 5) is 10.8. The molecule has 1 aliphatic rings. The maximum atomic E-state index is 11.8. The van der Waals surface area contributed by atoms with Crippen LogP contribution in [-0.2, 0) is 9.84 Å². The standard InChI is InChI=1S/C16H20ClN3O2S/c1-10(2)13-7-19-16(14-8-18-15(17)6-12(13)14)20-5-4-11(9-20)23(3,21)22/h6-8,10-11H,4-5,9H2,1-3H3/t11-/m0/s1. The molecule has 1 aliphatic heterocycles. The molecule has 2 aromatic rings. The molecule has 1 atom stereocenters. The molecule has 3 heterocycles. The number of anilines is 1. The Hall–Kier alpha value is -1.40. The molecule has 0 N–H and O–H groups in total. The van der Waals surface area contributed by atoms with Crippen molar-refractivity contribution in [1.29, 1.82) is 0 Å². The molecule has 1 fully saturated rings. The Morgan fingerprint density at radius 3 is 2.61 bits per heavy atom. The number of halogens is 1. The van der Waals surface area contributed by atoms with Gasteiger partial charge in [-0.25, -0.2) is 18.4 Å². The SMILES string of the molecule is CC(C)c1cnc(N2CC[C@H](S(C)(=O)=O)C2)c2cnc(Cl)cc12. The predicted molar refractivity (Wildman–Crippen MR) is 94.1 cm³/mol. The number of pyridine rings is 2. The summed E-state index contributed by atoms with van der Waals surface area (Å²) >= 11 is 6.07. The molecule has 0 aliphatic carbocycles. The smallest absolute Gasteiger partial charge is 0.152 e. The predicted octanol–water partition coefficient (Wildman–Crippen LogP) is 3.03. The Balaban J connectivity index is 2.08. The van der Waals surface area contributed by atoms with Crippen LogP contribution in [0.15, 0.2) is 18.5 Å². The molecule has 0 aromatic carbocycles. The van der Waals surface area contributed by atoms with Gasteiger partial charge < -0.3 is 4.90 Å². The van der Waals surface area contributed by atoms with E-state index in [1.807, 2.05) is 17.2 Å². The molecule has 0 bridgehead atoms. The van der Waals surface area contributed by atoms with E-state index in [9.17, 15) is 8.42 Å². The number of sulfone groups is 1. The zero-order valence-corrected chi connectivity index (χ0v) is 15.0. The molecule has 2 aromatic heterocycles. The second-order valence-electron chi connectivity index (χ2n) is 6.43. The minimum Gasteiger partial charge on any atom is -0.355 e. The van der Waals surface area contributed by atoms with E-state index in [1.54, 1.807) is 6.20 Å². The van der Waals surface area contributed by atoms with Crippen molar-refractivity contribution in [2.24, 2.45) is 0 Å². The summed E-state index contributed by atoms with van der Waals surface area (Å²) in [7, 11) is -3.03. The number of hydrogen-bond acceptors (Lipinski definition) is 5. The number of fused-ring (bicyclic) bond motifs is 1. The molecule has 124 valence electrons. The van der Waals surface area contributed by atoms with E-state index in [1.165, 1.54) is 6.26 Å². The van der Waals surface area contributed by atoms with Crippen molar-refractivity contribution in [2.45, 2.75) is 31.4 Å². The van der Waals surface area contributed by atoms with Crippen molar-refractivity contribution in [1.82, 2.24) is 9.97 Å². The van der Waals surface area contributed by atoms with Crippen LogP contribution in [-0.4, -0.2) is 43.0 Å². The molecule has 1 saturated heterocycles. The van der Waals surface area contributed by atoms with Gasteiger partial charge >= 0.3 is 0 Å². The molecular formula is C16H20ClN3O2S. The van der Waals surface area contributed by atoms with Gasteiger partial charge in [-0.15, -0.1) is 0 Å². The van der Waals surface area contributed by atoms with Gasteiger partial charge in [0.1, 0.15) is 11.0 Å². The zero-order valence-electron chi connectivity index (χ0n) is 13.5. The summed E-state index contributed by atoms with van der Waals surface area (Å²) in [5.74, 6) is 1.11. The van der Waals surface area contributed by atoms with Gasteiger partial charge in [0.25, 0.3) is 0 Å². The van der Waals surface area contributed by atoms with Gasteiger partial charge in [0.05, 0.1) is 5.25 Å². The van der Waals surface area contributed by atoms with Gasteiger partial charge in [-0.1, -0.05) is 25.4 Å². The number of aromatic nitrogens is 2. The lowest BCUT2D eigenvalue weighted by molar-refractivity contribution is 0.589. The molecule has 0 unspecified atom stereocenters. The highest BCUT2D eigenvalue weighted by atomic mass is 35.5. The van der Waals surface area contributed by atoms with E-state index in [-0.39, 0.29) is 5.25 Å². The van der Waals surface area contributed by atoms with Crippen molar-refractivity contribution < 1.29 is 8.42 Å². The first kappa shape index (κ1) is 16.5. The van der Waals surface area contributed by atoms with Crippen LogP contribution in [0.5, 0.6) is 0 Å². The molecule has 0 spiro atoms. The summed E-state index contributed by atoms with van der Waals surface area (Å²) in [6.07, 6.45) is 5.54. The first-order valence-corrected chi connectivity index (χ1v) is 9.98. The highest BCUT2D eigenvalue weighted by Gasteiger charge is 2.31. The van der Waals surface area contributed by atoms with Gasteiger partial charge in [-0.3, -0.25) is 0 Å². The van der Waals surface area contributed by atoms with E-state index in [4.69, 9.17) is 11.6 Å². The summed E-state index contributed by atoms with van der Waals surface area (Å²) in [6, 6.07) is 1.86. The minimum atomic E-state index is -3.03. The molecule has 0 radical (unpaired) electrons. The number of hydrogen-bond donors (Lipinski definition) is 0. The quantitative estimate of drug-likeness (QED) is 0.793. The third-order valence-corrected chi connectivity index (χ3v) is 6.22. The summed E-state index contributed by atoms with van der Waals surface area (Å²) in [5, 5.41) is 2.08. The molecule has 7 heteroatoms. The summed E-state index contributed by atoms with van der Waals surface area (Å²) < 4.78 is 23.6. The Morgan fingerprint density at radius 1 is 1.26 bits per heavy atom. The minimum absolute atomic E-state index is 0.319. The van der Waals surface area contributed by atoms with E-state index in [2.05, 4.69) is 23.8 Å². The van der Waals surface area contributed by atoms with E-state index < -0.39 is 9.84 Å². The van der Waals surface area contributed by atoms with Crippen LogP contribution in [0.1, 0.15) is 31.7 Å². The van der Waals surface area contributed by atoms with E-state index >= 15 is 0 Å². The van der Waals surface area contributed by atoms with Crippen molar-refractivity contribution in [3.05, 3.63) is 29.2 Å². The van der Waals surface area contributed by atoms with Crippen molar-refractivity contribution in [3.8, 4) is 0 Å². The average molecular weight is 354 g/mol. The first-order chi connectivity index (χ1) is 10.8. The van der Waals surface area contributed by atoms with Crippen molar-refractivity contribution in [3.63, 3.8) is 0 Å².